The van der Waals surface area contributed by atoms with Gasteiger partial charge in [0.25, 0.3) is 0 Å². The molecular formula is C20H30O3. The van der Waals surface area contributed by atoms with Crippen molar-refractivity contribution in [1.29, 1.82) is 0 Å². The van der Waals surface area contributed by atoms with Gasteiger partial charge in [0.05, 0.1) is 11.0 Å². The molecule has 4 aliphatic carbocycles. The van der Waals surface area contributed by atoms with Crippen LogP contribution in [0.2, 0.25) is 0 Å². The van der Waals surface area contributed by atoms with E-state index in [2.05, 4.69) is 13.0 Å². The van der Waals surface area contributed by atoms with E-state index in [9.17, 15) is 15.0 Å². The first-order chi connectivity index (χ1) is 10.6. The van der Waals surface area contributed by atoms with Crippen molar-refractivity contribution in [3.8, 4) is 0 Å². The first-order valence-electron chi connectivity index (χ1n) is 9.31. The number of carbonyl (C=O) groups is 1. The van der Waals surface area contributed by atoms with Crippen LogP contribution in [0.25, 0.3) is 0 Å². The highest BCUT2D eigenvalue weighted by molar-refractivity contribution is 5.75. The molecular weight excluding hydrogens is 288 g/mol. The van der Waals surface area contributed by atoms with E-state index in [-0.39, 0.29) is 16.7 Å². The molecule has 0 aromatic rings. The van der Waals surface area contributed by atoms with Gasteiger partial charge in [0.1, 0.15) is 0 Å². The Bertz CT molecular complexity index is 592. The van der Waals surface area contributed by atoms with E-state index in [0.717, 1.165) is 51.4 Å². The number of aliphatic hydroxyl groups is 1. The summed E-state index contributed by atoms with van der Waals surface area (Å²) in [5, 5.41) is 20.7. The Morgan fingerprint density at radius 1 is 1.22 bits per heavy atom. The van der Waals surface area contributed by atoms with Crippen LogP contribution in [-0.2, 0) is 4.79 Å². The standard InChI is InChI=1S/C20H30O3/c1-17-8-4-9-18(2,16(21)22)14(17)7-10-20-11-13(5-6-15(17)20)19(3,23)12-20/h6,13-14,23H,4-5,7-12H2,1-3H3,(H,21,22)/t13-,14+,17-,18-,19-,20+/m1/s1. The predicted molar refractivity (Wildman–Crippen MR) is 88.9 cm³/mol. The first-order valence-corrected chi connectivity index (χ1v) is 9.31. The molecule has 2 N–H and O–H groups in total. The Balaban J connectivity index is 1.78. The van der Waals surface area contributed by atoms with E-state index in [4.69, 9.17) is 0 Å². The molecule has 128 valence electrons. The fourth-order valence-corrected chi connectivity index (χ4v) is 7.29. The summed E-state index contributed by atoms with van der Waals surface area (Å²) in [4.78, 5) is 12.0. The minimum Gasteiger partial charge on any atom is -0.481 e. The lowest BCUT2D eigenvalue weighted by Gasteiger charge is -2.60. The van der Waals surface area contributed by atoms with Crippen LogP contribution in [0.1, 0.15) is 72.1 Å². The highest BCUT2D eigenvalue weighted by Crippen LogP contribution is 2.71. The second-order valence-corrected chi connectivity index (χ2v) is 9.65. The largest absolute Gasteiger partial charge is 0.481 e. The van der Waals surface area contributed by atoms with Gasteiger partial charge in [-0.15, -0.1) is 0 Å². The van der Waals surface area contributed by atoms with Crippen LogP contribution < -0.4 is 0 Å². The van der Waals surface area contributed by atoms with Gasteiger partial charge >= 0.3 is 5.97 Å². The Labute approximate surface area is 139 Å². The zero-order valence-corrected chi connectivity index (χ0v) is 14.7. The van der Waals surface area contributed by atoms with E-state index in [0.29, 0.717) is 5.92 Å². The molecule has 0 aromatic heterocycles. The zero-order valence-electron chi connectivity index (χ0n) is 14.7. The van der Waals surface area contributed by atoms with Gasteiger partial charge in [-0.25, -0.2) is 0 Å². The monoisotopic (exact) mass is 318 g/mol. The number of carboxylic acid groups (broad SMARTS) is 1. The molecule has 2 bridgehead atoms. The number of allylic oxidation sites excluding steroid dienone is 2. The lowest BCUT2D eigenvalue weighted by Crippen LogP contribution is -2.54. The maximum Gasteiger partial charge on any atom is 0.309 e. The summed E-state index contributed by atoms with van der Waals surface area (Å²) >= 11 is 0. The molecule has 0 aromatic carbocycles. The molecule has 0 aliphatic heterocycles. The molecule has 0 saturated heterocycles. The van der Waals surface area contributed by atoms with Gasteiger partial charge in [-0.2, -0.15) is 0 Å². The summed E-state index contributed by atoms with van der Waals surface area (Å²) in [6.07, 6.45) is 10.4. The van der Waals surface area contributed by atoms with Crippen molar-refractivity contribution in [2.24, 2.45) is 28.1 Å². The molecule has 3 nitrogen and oxygen atoms in total. The van der Waals surface area contributed by atoms with E-state index >= 15 is 0 Å². The van der Waals surface area contributed by atoms with Crippen LogP contribution >= 0.6 is 0 Å². The Kier molecular flexibility index (Phi) is 3.01. The highest BCUT2D eigenvalue weighted by atomic mass is 16.4. The summed E-state index contributed by atoms with van der Waals surface area (Å²) < 4.78 is 0. The average molecular weight is 318 g/mol. The summed E-state index contributed by atoms with van der Waals surface area (Å²) in [6.45, 7) is 6.32. The fourth-order valence-electron chi connectivity index (χ4n) is 7.29. The average Bonchev–Trinajstić information content (AvgIpc) is 2.63. The van der Waals surface area contributed by atoms with Crippen molar-refractivity contribution in [3.05, 3.63) is 11.6 Å². The quantitative estimate of drug-likeness (QED) is 0.714. The van der Waals surface area contributed by atoms with Crippen LogP contribution in [0.5, 0.6) is 0 Å². The Morgan fingerprint density at radius 2 is 1.96 bits per heavy atom. The lowest BCUT2D eigenvalue weighted by molar-refractivity contribution is -0.161. The smallest absolute Gasteiger partial charge is 0.309 e. The van der Waals surface area contributed by atoms with Crippen molar-refractivity contribution in [3.63, 3.8) is 0 Å². The van der Waals surface area contributed by atoms with E-state index in [1.807, 2.05) is 13.8 Å². The number of rotatable bonds is 1. The number of fused-ring (bicyclic) bond motifs is 3. The van der Waals surface area contributed by atoms with Crippen LogP contribution in [0.15, 0.2) is 11.6 Å². The van der Waals surface area contributed by atoms with Crippen molar-refractivity contribution < 1.29 is 15.0 Å². The fraction of sp³-hybridized carbons (Fsp3) is 0.850. The number of hydrogen-bond acceptors (Lipinski definition) is 2. The molecule has 3 saturated carbocycles. The highest BCUT2D eigenvalue weighted by Gasteiger charge is 2.64. The van der Waals surface area contributed by atoms with Crippen molar-refractivity contribution in [2.45, 2.75) is 77.7 Å². The van der Waals surface area contributed by atoms with E-state index in [1.54, 1.807) is 0 Å². The SMILES string of the molecule is C[C@@]1(C(=O)O)CCC[C@@]2(C)C3=CC[C@@H]4C[C@@]3(CC[C@H]12)C[C@@]4(C)O. The third-order valence-electron chi connectivity index (χ3n) is 8.34. The third kappa shape index (κ3) is 1.83. The maximum absolute atomic E-state index is 12.0. The maximum atomic E-state index is 12.0. The number of aliphatic carboxylic acids is 1. The van der Waals surface area contributed by atoms with Gasteiger partial charge in [0, 0.05) is 0 Å². The summed E-state index contributed by atoms with van der Waals surface area (Å²) in [5.41, 5.74) is 0.533. The molecule has 0 amide bonds. The number of carboxylic acids is 1. The molecule has 4 rings (SSSR count). The van der Waals surface area contributed by atoms with Gasteiger partial charge in [-0.3, -0.25) is 4.79 Å². The normalized spacial score (nSPS) is 54.9. The van der Waals surface area contributed by atoms with Gasteiger partial charge in [-0.1, -0.05) is 25.0 Å². The Morgan fingerprint density at radius 3 is 2.65 bits per heavy atom. The molecule has 0 heterocycles. The molecule has 0 radical (unpaired) electrons. The second-order valence-electron chi connectivity index (χ2n) is 9.65. The van der Waals surface area contributed by atoms with Gasteiger partial charge < -0.3 is 10.2 Å². The second kappa shape index (κ2) is 4.41. The van der Waals surface area contributed by atoms with Crippen LogP contribution in [-0.4, -0.2) is 21.8 Å². The minimum absolute atomic E-state index is 0.00896. The van der Waals surface area contributed by atoms with Crippen molar-refractivity contribution in [1.82, 2.24) is 0 Å². The minimum atomic E-state index is -0.614. The van der Waals surface area contributed by atoms with Gasteiger partial charge in [0.15, 0.2) is 0 Å². The molecule has 4 aliphatic rings. The van der Waals surface area contributed by atoms with Crippen LogP contribution in [0.3, 0.4) is 0 Å². The summed E-state index contributed by atoms with van der Waals surface area (Å²) in [7, 11) is 0. The molecule has 1 spiro atoms. The van der Waals surface area contributed by atoms with Gasteiger partial charge in [0.2, 0.25) is 0 Å². The topological polar surface area (TPSA) is 57.5 Å². The van der Waals surface area contributed by atoms with Crippen LogP contribution in [0.4, 0.5) is 0 Å². The molecule has 0 unspecified atom stereocenters. The molecule has 3 fully saturated rings. The molecule has 6 atom stereocenters. The molecule has 23 heavy (non-hydrogen) atoms. The van der Waals surface area contributed by atoms with Crippen molar-refractivity contribution >= 4 is 5.97 Å². The van der Waals surface area contributed by atoms with E-state index < -0.39 is 17.0 Å². The van der Waals surface area contributed by atoms with Crippen molar-refractivity contribution in [2.75, 3.05) is 0 Å². The Hall–Kier alpha value is -0.830. The number of hydrogen-bond donors (Lipinski definition) is 2. The van der Waals surface area contributed by atoms with E-state index in [1.165, 1.54) is 5.57 Å². The lowest BCUT2D eigenvalue weighted by atomic mass is 9.44. The zero-order chi connectivity index (χ0) is 16.7. The summed E-state index contributed by atoms with van der Waals surface area (Å²) in [5.74, 6) is 0.0122. The first kappa shape index (κ1) is 15.7. The van der Waals surface area contributed by atoms with Crippen LogP contribution in [0, 0.1) is 28.1 Å². The summed E-state index contributed by atoms with van der Waals surface area (Å²) in [6, 6.07) is 0. The molecule has 3 heteroatoms. The van der Waals surface area contributed by atoms with Gasteiger partial charge in [-0.05, 0) is 81.5 Å². The third-order valence-corrected chi connectivity index (χ3v) is 8.34. The predicted octanol–water partition coefficient (Wildman–Crippen LogP) is 4.16.